The lowest BCUT2D eigenvalue weighted by Crippen LogP contribution is -2.34. The molecule has 3 rings (SSSR count). The van der Waals surface area contributed by atoms with Crippen LogP contribution >= 0.6 is 0 Å². The minimum Gasteiger partial charge on any atom is -0.358 e. The van der Waals surface area contributed by atoms with Gasteiger partial charge in [-0.1, -0.05) is 0 Å². The molecule has 1 amide bonds. The maximum Gasteiger partial charge on any atom is 0.251 e. The molecule has 0 aliphatic heterocycles. The molecular formula is C15H18N2O. The number of carbonyl (C=O) groups is 1. The average Bonchev–Trinajstić information content (AvgIpc) is 2.98. The van der Waals surface area contributed by atoms with Crippen molar-refractivity contribution in [3.05, 3.63) is 35.0 Å². The maximum atomic E-state index is 12.1. The number of aromatic amines is 1. The number of amides is 1. The van der Waals surface area contributed by atoms with Crippen LogP contribution in [0.1, 0.15) is 41.4 Å². The van der Waals surface area contributed by atoms with Gasteiger partial charge in [0.05, 0.1) is 0 Å². The lowest BCUT2D eigenvalue weighted by Gasteiger charge is -2.11. The maximum absolute atomic E-state index is 12.1. The van der Waals surface area contributed by atoms with Gasteiger partial charge >= 0.3 is 0 Å². The van der Waals surface area contributed by atoms with Crippen LogP contribution < -0.4 is 5.32 Å². The number of nitrogens with one attached hydrogen (secondary N) is 2. The van der Waals surface area contributed by atoms with Crippen molar-refractivity contribution < 1.29 is 4.79 Å². The number of benzene rings is 1. The van der Waals surface area contributed by atoms with Crippen molar-refractivity contribution in [3.63, 3.8) is 0 Å². The molecule has 18 heavy (non-hydrogen) atoms. The smallest absolute Gasteiger partial charge is 0.251 e. The Hall–Kier alpha value is -1.77. The van der Waals surface area contributed by atoms with E-state index in [1.165, 1.54) is 5.56 Å². The number of carbonyl (C=O) groups excluding carboxylic acids is 1. The summed E-state index contributed by atoms with van der Waals surface area (Å²) in [6.07, 6.45) is 2.17. The first-order chi connectivity index (χ1) is 8.48. The van der Waals surface area contributed by atoms with E-state index in [2.05, 4.69) is 31.1 Å². The van der Waals surface area contributed by atoms with Crippen LogP contribution in [0, 0.1) is 13.8 Å². The summed E-state index contributed by atoms with van der Waals surface area (Å²) >= 11 is 0. The molecule has 3 nitrogen and oxygen atoms in total. The molecule has 1 heterocycles. The van der Waals surface area contributed by atoms with Gasteiger partial charge in [-0.05, 0) is 57.4 Å². The molecule has 0 spiro atoms. The van der Waals surface area contributed by atoms with Gasteiger partial charge in [-0.25, -0.2) is 0 Å². The minimum absolute atomic E-state index is 0.0369. The lowest BCUT2D eigenvalue weighted by atomic mass is 10.1. The highest BCUT2D eigenvalue weighted by atomic mass is 16.1. The van der Waals surface area contributed by atoms with Gasteiger partial charge in [0.15, 0.2) is 0 Å². The van der Waals surface area contributed by atoms with Crippen LogP contribution in [0.2, 0.25) is 0 Å². The molecule has 0 atom stereocenters. The zero-order valence-electron chi connectivity index (χ0n) is 11.1. The van der Waals surface area contributed by atoms with E-state index in [9.17, 15) is 4.79 Å². The van der Waals surface area contributed by atoms with Crippen molar-refractivity contribution in [2.24, 2.45) is 0 Å². The molecule has 0 unspecified atom stereocenters. The second-order valence-corrected chi connectivity index (χ2v) is 5.65. The number of hydrogen-bond donors (Lipinski definition) is 2. The third-order valence-electron chi connectivity index (χ3n) is 3.99. The summed E-state index contributed by atoms with van der Waals surface area (Å²) in [5.74, 6) is 0.0372. The molecule has 0 radical (unpaired) electrons. The summed E-state index contributed by atoms with van der Waals surface area (Å²) in [5.41, 5.74) is 4.26. The van der Waals surface area contributed by atoms with E-state index in [-0.39, 0.29) is 11.4 Å². The fourth-order valence-electron chi connectivity index (χ4n) is 2.26. The number of aromatic nitrogens is 1. The average molecular weight is 242 g/mol. The normalized spacial score (nSPS) is 16.8. The number of rotatable bonds is 2. The summed E-state index contributed by atoms with van der Waals surface area (Å²) in [6, 6.07) is 5.85. The van der Waals surface area contributed by atoms with Crippen LogP contribution in [0.3, 0.4) is 0 Å². The Morgan fingerprint density at radius 2 is 2.06 bits per heavy atom. The van der Waals surface area contributed by atoms with E-state index in [4.69, 9.17) is 0 Å². The van der Waals surface area contributed by atoms with E-state index in [0.29, 0.717) is 0 Å². The molecule has 3 heteroatoms. The van der Waals surface area contributed by atoms with Gasteiger partial charge in [-0.15, -0.1) is 0 Å². The van der Waals surface area contributed by atoms with Gasteiger partial charge in [0.25, 0.3) is 5.91 Å². The first-order valence-corrected chi connectivity index (χ1v) is 6.40. The molecule has 1 saturated carbocycles. The second kappa shape index (κ2) is 3.61. The predicted molar refractivity (Wildman–Crippen MR) is 72.9 cm³/mol. The largest absolute Gasteiger partial charge is 0.358 e. The van der Waals surface area contributed by atoms with Gasteiger partial charge in [-0.2, -0.15) is 0 Å². The highest BCUT2D eigenvalue weighted by Crippen LogP contribution is 2.34. The van der Waals surface area contributed by atoms with Crippen LogP contribution in [-0.2, 0) is 0 Å². The van der Waals surface area contributed by atoms with E-state index in [1.807, 2.05) is 18.2 Å². The number of fused-ring (bicyclic) bond motifs is 1. The van der Waals surface area contributed by atoms with Crippen molar-refractivity contribution in [1.82, 2.24) is 10.3 Å². The molecule has 1 aliphatic rings. The van der Waals surface area contributed by atoms with E-state index < -0.39 is 0 Å². The monoisotopic (exact) mass is 242 g/mol. The molecule has 1 fully saturated rings. The Labute approximate surface area is 107 Å². The van der Waals surface area contributed by atoms with Crippen molar-refractivity contribution >= 4 is 16.8 Å². The minimum atomic E-state index is 0.0369. The van der Waals surface area contributed by atoms with Gasteiger partial charge in [0.2, 0.25) is 0 Å². The molecule has 0 saturated heterocycles. The van der Waals surface area contributed by atoms with Crippen molar-refractivity contribution in [3.8, 4) is 0 Å². The Morgan fingerprint density at radius 1 is 1.33 bits per heavy atom. The van der Waals surface area contributed by atoms with E-state index >= 15 is 0 Å². The topological polar surface area (TPSA) is 44.9 Å². The second-order valence-electron chi connectivity index (χ2n) is 5.65. The van der Waals surface area contributed by atoms with Gasteiger partial charge < -0.3 is 10.3 Å². The van der Waals surface area contributed by atoms with Crippen LogP contribution in [0.5, 0.6) is 0 Å². The zero-order chi connectivity index (χ0) is 12.9. The number of H-pyrrole nitrogens is 1. The summed E-state index contributed by atoms with van der Waals surface area (Å²) in [7, 11) is 0. The first kappa shape index (κ1) is 11.3. The van der Waals surface area contributed by atoms with E-state index in [1.54, 1.807) is 0 Å². The van der Waals surface area contributed by atoms with Gasteiger partial charge in [0, 0.05) is 27.7 Å². The molecule has 1 aromatic carbocycles. The van der Waals surface area contributed by atoms with Gasteiger partial charge in [0.1, 0.15) is 0 Å². The number of aryl methyl sites for hydroxylation is 2. The van der Waals surface area contributed by atoms with Crippen molar-refractivity contribution in [2.75, 3.05) is 0 Å². The molecule has 2 aromatic rings. The third kappa shape index (κ3) is 1.80. The Kier molecular flexibility index (Phi) is 2.27. The van der Waals surface area contributed by atoms with Crippen LogP contribution in [0.25, 0.3) is 10.9 Å². The SMILES string of the molecule is Cc1[nH]c2ccc(C(=O)NC3(C)CC3)cc2c1C. The molecule has 1 aromatic heterocycles. The summed E-state index contributed by atoms with van der Waals surface area (Å²) in [5, 5.41) is 4.23. The van der Waals surface area contributed by atoms with Gasteiger partial charge in [-0.3, -0.25) is 4.79 Å². The Balaban J connectivity index is 1.97. The predicted octanol–water partition coefficient (Wildman–Crippen LogP) is 3.07. The summed E-state index contributed by atoms with van der Waals surface area (Å²) in [4.78, 5) is 15.5. The standard InChI is InChI=1S/C15H18N2O/c1-9-10(2)16-13-5-4-11(8-12(9)13)14(18)17-15(3)6-7-15/h4-5,8,16H,6-7H2,1-3H3,(H,17,18). The summed E-state index contributed by atoms with van der Waals surface area (Å²) in [6.45, 7) is 6.23. The van der Waals surface area contributed by atoms with Crippen LogP contribution in [-0.4, -0.2) is 16.4 Å². The molecular weight excluding hydrogens is 224 g/mol. The number of hydrogen-bond acceptors (Lipinski definition) is 1. The molecule has 0 bridgehead atoms. The molecule has 2 N–H and O–H groups in total. The molecule has 94 valence electrons. The molecule has 1 aliphatic carbocycles. The summed E-state index contributed by atoms with van der Waals surface area (Å²) < 4.78 is 0. The zero-order valence-corrected chi connectivity index (χ0v) is 11.1. The third-order valence-corrected chi connectivity index (χ3v) is 3.99. The van der Waals surface area contributed by atoms with E-state index in [0.717, 1.165) is 35.0 Å². The first-order valence-electron chi connectivity index (χ1n) is 6.40. The van der Waals surface area contributed by atoms with Crippen molar-refractivity contribution in [2.45, 2.75) is 39.2 Å². The highest BCUT2D eigenvalue weighted by molar-refractivity contribution is 5.99. The lowest BCUT2D eigenvalue weighted by molar-refractivity contribution is 0.0935. The Bertz CT molecular complexity index is 635. The van der Waals surface area contributed by atoms with Crippen LogP contribution in [0.4, 0.5) is 0 Å². The fourth-order valence-corrected chi connectivity index (χ4v) is 2.26. The van der Waals surface area contributed by atoms with Crippen molar-refractivity contribution in [1.29, 1.82) is 0 Å². The van der Waals surface area contributed by atoms with Crippen LogP contribution in [0.15, 0.2) is 18.2 Å². The fraction of sp³-hybridized carbons (Fsp3) is 0.400. The Morgan fingerprint density at radius 3 is 2.72 bits per heavy atom. The quantitative estimate of drug-likeness (QED) is 0.835. The highest BCUT2D eigenvalue weighted by Gasteiger charge is 2.38.